The maximum Gasteiger partial charge on any atom is 0.410 e. The zero-order valence-electron chi connectivity index (χ0n) is 19.5. The number of hydrogen-bond acceptors (Lipinski definition) is 5. The van der Waals surface area contributed by atoms with Gasteiger partial charge in [-0.05, 0) is 68.7 Å². The third-order valence-electron chi connectivity index (χ3n) is 6.63. The van der Waals surface area contributed by atoms with Crippen LogP contribution in [0, 0.1) is 11.6 Å². The number of benzene rings is 1. The first kappa shape index (κ1) is 25.8. The minimum absolute atomic E-state index is 0.0710. The summed E-state index contributed by atoms with van der Waals surface area (Å²) in [7, 11) is 0.459. The van der Waals surface area contributed by atoms with Crippen molar-refractivity contribution >= 4 is 16.3 Å². The summed E-state index contributed by atoms with van der Waals surface area (Å²) in [6.07, 6.45) is 2.42. The van der Waals surface area contributed by atoms with E-state index >= 15 is 0 Å². The van der Waals surface area contributed by atoms with E-state index in [1.165, 1.54) is 32.2 Å². The standard InChI is InChI=1S/C22H33F2N3O5S/c1-14-11-20(25-33(29,30)26(2)3)21(27(14)22(28)31-4)13-32-17-8-5-15(6-9-17)18-12-16(23)7-10-19(18)24/h7,10,12,14-15,17,20-21,25H,5-6,8-9,11,13H2,1-4H3/t14-,15?,17?,20+,21+/m1/s1. The molecule has 1 aromatic carbocycles. The Morgan fingerprint density at radius 2 is 1.88 bits per heavy atom. The number of nitrogens with one attached hydrogen (secondary N) is 1. The Kier molecular flexibility index (Phi) is 8.31. The molecule has 2 aliphatic rings. The van der Waals surface area contributed by atoms with E-state index in [-0.39, 0.29) is 24.7 Å². The lowest BCUT2D eigenvalue weighted by molar-refractivity contribution is -0.00878. The molecule has 1 amide bonds. The summed E-state index contributed by atoms with van der Waals surface area (Å²) in [6, 6.07) is 2.25. The molecule has 1 aliphatic heterocycles. The smallest absolute Gasteiger partial charge is 0.410 e. The van der Waals surface area contributed by atoms with Gasteiger partial charge in [0.2, 0.25) is 0 Å². The van der Waals surface area contributed by atoms with Gasteiger partial charge in [0.25, 0.3) is 10.2 Å². The summed E-state index contributed by atoms with van der Waals surface area (Å²) in [5, 5.41) is 0. The molecule has 1 saturated carbocycles. The van der Waals surface area contributed by atoms with Crippen LogP contribution in [-0.4, -0.2) is 75.8 Å². The monoisotopic (exact) mass is 489 g/mol. The predicted molar refractivity (Wildman–Crippen MR) is 119 cm³/mol. The maximum atomic E-state index is 14.1. The highest BCUT2D eigenvalue weighted by atomic mass is 32.2. The highest BCUT2D eigenvalue weighted by Crippen LogP contribution is 2.36. The molecule has 0 bridgehead atoms. The highest BCUT2D eigenvalue weighted by molar-refractivity contribution is 7.87. The summed E-state index contributed by atoms with van der Waals surface area (Å²) in [4.78, 5) is 13.9. The van der Waals surface area contributed by atoms with Crippen molar-refractivity contribution in [2.75, 3.05) is 27.8 Å². The van der Waals surface area contributed by atoms with Crippen molar-refractivity contribution in [2.24, 2.45) is 0 Å². The Balaban J connectivity index is 1.64. The number of carbonyl (C=O) groups excluding carboxylic acids is 1. The summed E-state index contributed by atoms with van der Waals surface area (Å²) in [6.45, 7) is 1.98. The van der Waals surface area contributed by atoms with Gasteiger partial charge in [-0.15, -0.1) is 0 Å². The van der Waals surface area contributed by atoms with Gasteiger partial charge in [0.15, 0.2) is 0 Å². The fourth-order valence-corrected chi connectivity index (χ4v) is 5.65. The van der Waals surface area contributed by atoms with Gasteiger partial charge in [0.05, 0.1) is 25.9 Å². The summed E-state index contributed by atoms with van der Waals surface area (Å²) >= 11 is 0. The molecule has 2 fully saturated rings. The Bertz CT molecular complexity index is 938. The molecule has 0 unspecified atom stereocenters. The molecule has 0 aromatic heterocycles. The van der Waals surface area contributed by atoms with Gasteiger partial charge in [-0.2, -0.15) is 17.4 Å². The van der Waals surface area contributed by atoms with Crippen LogP contribution in [0.2, 0.25) is 0 Å². The molecule has 11 heteroatoms. The van der Waals surface area contributed by atoms with Crippen LogP contribution in [0.25, 0.3) is 0 Å². The van der Waals surface area contributed by atoms with E-state index in [4.69, 9.17) is 9.47 Å². The predicted octanol–water partition coefficient (Wildman–Crippen LogP) is 3.00. The van der Waals surface area contributed by atoms with Crippen molar-refractivity contribution in [3.05, 3.63) is 35.4 Å². The topological polar surface area (TPSA) is 88.2 Å². The van der Waals surface area contributed by atoms with Crippen LogP contribution in [0.1, 0.15) is 50.5 Å². The normalized spacial score (nSPS) is 28.3. The molecule has 1 aliphatic carbocycles. The first-order chi connectivity index (χ1) is 15.5. The lowest BCUT2D eigenvalue weighted by Crippen LogP contribution is -2.52. The lowest BCUT2D eigenvalue weighted by atomic mass is 9.82. The number of rotatable bonds is 7. The first-order valence-corrected chi connectivity index (χ1v) is 12.6. The molecule has 1 heterocycles. The molecule has 1 saturated heterocycles. The van der Waals surface area contributed by atoms with Gasteiger partial charge >= 0.3 is 6.09 Å². The third-order valence-corrected chi connectivity index (χ3v) is 8.19. The van der Waals surface area contributed by atoms with Crippen molar-refractivity contribution < 1.29 is 31.5 Å². The SMILES string of the molecule is COC(=O)N1[C@H](C)C[C@H](NS(=O)(=O)N(C)C)[C@@H]1COC1CCC(c2cc(F)ccc2F)CC1. The van der Waals surface area contributed by atoms with Crippen molar-refractivity contribution in [2.45, 2.75) is 69.2 Å². The zero-order chi connectivity index (χ0) is 24.3. The van der Waals surface area contributed by atoms with Crippen molar-refractivity contribution in [1.82, 2.24) is 13.9 Å². The van der Waals surface area contributed by atoms with Gasteiger partial charge in [-0.25, -0.2) is 13.6 Å². The molecule has 1 aromatic rings. The molecule has 3 atom stereocenters. The van der Waals surface area contributed by atoms with E-state index < -0.39 is 40.0 Å². The molecule has 8 nitrogen and oxygen atoms in total. The Morgan fingerprint density at radius 1 is 1.21 bits per heavy atom. The quantitative estimate of drug-likeness (QED) is 0.636. The van der Waals surface area contributed by atoms with Crippen LogP contribution >= 0.6 is 0 Å². The lowest BCUT2D eigenvalue weighted by Gasteiger charge is -2.33. The molecule has 0 radical (unpaired) electrons. The van der Waals surface area contributed by atoms with Crippen LogP contribution < -0.4 is 4.72 Å². The number of likely N-dealkylation sites (tertiary alicyclic amines) is 1. The number of halogens is 2. The van der Waals surface area contributed by atoms with E-state index in [1.54, 1.807) is 0 Å². The minimum Gasteiger partial charge on any atom is -0.453 e. The van der Waals surface area contributed by atoms with Gasteiger partial charge in [0, 0.05) is 26.2 Å². The minimum atomic E-state index is -3.70. The fraction of sp³-hybridized carbons (Fsp3) is 0.682. The second-order valence-electron chi connectivity index (χ2n) is 9.01. The Morgan fingerprint density at radius 3 is 2.48 bits per heavy atom. The van der Waals surface area contributed by atoms with Crippen molar-refractivity contribution in [1.29, 1.82) is 0 Å². The van der Waals surface area contributed by atoms with Gasteiger partial charge in [0.1, 0.15) is 11.6 Å². The number of nitrogens with zero attached hydrogens (tertiary/aromatic N) is 2. The van der Waals surface area contributed by atoms with E-state index in [9.17, 15) is 22.0 Å². The largest absolute Gasteiger partial charge is 0.453 e. The van der Waals surface area contributed by atoms with E-state index in [0.717, 1.165) is 16.4 Å². The molecule has 0 spiro atoms. The first-order valence-electron chi connectivity index (χ1n) is 11.2. The Labute approximate surface area is 194 Å². The van der Waals surface area contributed by atoms with Gasteiger partial charge < -0.3 is 9.47 Å². The van der Waals surface area contributed by atoms with Crippen LogP contribution in [0.3, 0.4) is 0 Å². The molecule has 1 N–H and O–H groups in total. The number of carbonyl (C=O) groups is 1. The maximum absolute atomic E-state index is 14.1. The Hall–Kier alpha value is -1.82. The second kappa shape index (κ2) is 10.6. The van der Waals surface area contributed by atoms with Gasteiger partial charge in [-0.3, -0.25) is 4.90 Å². The molecule has 3 rings (SSSR count). The van der Waals surface area contributed by atoms with E-state index in [0.29, 0.717) is 37.7 Å². The fourth-order valence-electron chi connectivity index (χ4n) is 4.80. The summed E-state index contributed by atoms with van der Waals surface area (Å²) in [5.41, 5.74) is 0.396. The highest BCUT2D eigenvalue weighted by Gasteiger charge is 2.44. The molecule has 33 heavy (non-hydrogen) atoms. The van der Waals surface area contributed by atoms with Gasteiger partial charge in [-0.1, -0.05) is 0 Å². The number of hydrogen-bond donors (Lipinski definition) is 1. The van der Waals surface area contributed by atoms with Crippen LogP contribution in [0.15, 0.2) is 18.2 Å². The van der Waals surface area contributed by atoms with Crippen LogP contribution in [0.5, 0.6) is 0 Å². The third kappa shape index (κ3) is 6.00. The summed E-state index contributed by atoms with van der Waals surface area (Å²) < 4.78 is 67.2. The molecular formula is C22H33F2N3O5S. The number of amides is 1. The number of methoxy groups -OCH3 is 1. The molecule has 186 valence electrons. The van der Waals surface area contributed by atoms with Crippen LogP contribution in [0.4, 0.5) is 13.6 Å². The van der Waals surface area contributed by atoms with E-state index in [2.05, 4.69) is 4.72 Å². The van der Waals surface area contributed by atoms with E-state index in [1.807, 2.05) is 6.92 Å². The van der Waals surface area contributed by atoms with Crippen molar-refractivity contribution in [3.63, 3.8) is 0 Å². The second-order valence-corrected chi connectivity index (χ2v) is 10.9. The average molecular weight is 490 g/mol. The molecular weight excluding hydrogens is 456 g/mol. The summed E-state index contributed by atoms with van der Waals surface area (Å²) in [5.74, 6) is -0.919. The average Bonchev–Trinajstić information content (AvgIpc) is 3.07. The zero-order valence-corrected chi connectivity index (χ0v) is 20.3. The van der Waals surface area contributed by atoms with Crippen LogP contribution in [-0.2, 0) is 19.7 Å². The number of ether oxygens (including phenoxy) is 2. The van der Waals surface area contributed by atoms with Crippen molar-refractivity contribution in [3.8, 4) is 0 Å².